The van der Waals surface area contributed by atoms with Gasteiger partial charge < -0.3 is 5.32 Å². The number of nitrogens with zero attached hydrogens (tertiary/aromatic N) is 1. The van der Waals surface area contributed by atoms with Gasteiger partial charge in [0.25, 0.3) is 0 Å². The van der Waals surface area contributed by atoms with Gasteiger partial charge in [0.15, 0.2) is 0 Å². The Morgan fingerprint density at radius 2 is 1.95 bits per heavy atom. The number of rotatable bonds is 9. The summed E-state index contributed by atoms with van der Waals surface area (Å²) in [5.74, 6) is 0. The molecular formula is C17H32N2S. The molecule has 0 aliphatic heterocycles. The van der Waals surface area contributed by atoms with Crippen molar-refractivity contribution in [2.45, 2.75) is 84.6 Å². The Balaban J connectivity index is 2.50. The quantitative estimate of drug-likeness (QED) is 0.653. The van der Waals surface area contributed by atoms with Crippen LogP contribution in [0.15, 0.2) is 5.38 Å². The molecule has 1 heterocycles. The Hall–Kier alpha value is -0.410. The fraction of sp³-hybridized carbons (Fsp3) is 0.824. The summed E-state index contributed by atoms with van der Waals surface area (Å²) in [6.07, 6.45) is 7.74. The average molecular weight is 297 g/mol. The summed E-state index contributed by atoms with van der Waals surface area (Å²) in [4.78, 5) is 4.83. The van der Waals surface area contributed by atoms with Crippen LogP contribution in [0.4, 0.5) is 0 Å². The number of unbranched alkanes of at least 4 members (excludes halogenated alkanes) is 3. The largest absolute Gasteiger partial charge is 0.314 e. The molecule has 2 nitrogen and oxygen atoms in total. The molecule has 0 radical (unpaired) electrons. The molecule has 1 atom stereocenters. The fourth-order valence-corrected chi connectivity index (χ4v) is 3.44. The first kappa shape index (κ1) is 17.6. The third-order valence-corrected chi connectivity index (χ3v) is 4.51. The van der Waals surface area contributed by atoms with Crippen molar-refractivity contribution >= 4 is 11.3 Å². The van der Waals surface area contributed by atoms with Crippen molar-refractivity contribution in [1.29, 1.82) is 0 Å². The molecule has 1 aromatic heterocycles. The molecule has 0 saturated heterocycles. The van der Waals surface area contributed by atoms with Crippen molar-refractivity contribution in [3.8, 4) is 0 Å². The second-order valence-electron chi connectivity index (χ2n) is 6.68. The first-order valence-electron chi connectivity index (χ1n) is 8.15. The van der Waals surface area contributed by atoms with E-state index in [4.69, 9.17) is 4.98 Å². The van der Waals surface area contributed by atoms with Crippen molar-refractivity contribution in [3.63, 3.8) is 0 Å². The van der Waals surface area contributed by atoms with E-state index >= 15 is 0 Å². The van der Waals surface area contributed by atoms with E-state index in [1.165, 1.54) is 42.8 Å². The summed E-state index contributed by atoms with van der Waals surface area (Å²) in [6, 6.07) is 0.593. The molecule has 0 bridgehead atoms. The molecular weight excluding hydrogens is 264 g/mol. The molecule has 0 aliphatic carbocycles. The SMILES string of the molecule is CCCCCCC(Cc1nc(C(C)(C)C)cs1)NCC. The summed E-state index contributed by atoms with van der Waals surface area (Å²) < 4.78 is 0. The van der Waals surface area contributed by atoms with E-state index in [9.17, 15) is 0 Å². The molecule has 0 aromatic carbocycles. The summed E-state index contributed by atoms with van der Waals surface area (Å²) in [5.41, 5.74) is 1.41. The maximum atomic E-state index is 4.83. The molecule has 1 rings (SSSR count). The van der Waals surface area contributed by atoms with Crippen molar-refractivity contribution in [3.05, 3.63) is 16.1 Å². The van der Waals surface area contributed by atoms with Gasteiger partial charge >= 0.3 is 0 Å². The molecule has 20 heavy (non-hydrogen) atoms. The minimum atomic E-state index is 0.170. The van der Waals surface area contributed by atoms with Gasteiger partial charge in [0.2, 0.25) is 0 Å². The maximum Gasteiger partial charge on any atom is 0.0944 e. The van der Waals surface area contributed by atoms with E-state index in [1.54, 1.807) is 0 Å². The van der Waals surface area contributed by atoms with Crippen LogP contribution in [-0.4, -0.2) is 17.6 Å². The second-order valence-corrected chi connectivity index (χ2v) is 7.63. The Morgan fingerprint density at radius 1 is 1.20 bits per heavy atom. The highest BCUT2D eigenvalue weighted by atomic mass is 32.1. The van der Waals surface area contributed by atoms with Crippen molar-refractivity contribution in [1.82, 2.24) is 10.3 Å². The standard InChI is InChI=1S/C17H32N2S/c1-6-8-9-10-11-14(18-7-2)12-16-19-15(13-20-16)17(3,4)5/h13-14,18H,6-12H2,1-5H3. The third kappa shape index (κ3) is 6.36. The third-order valence-electron chi connectivity index (χ3n) is 3.64. The Kier molecular flexibility index (Phi) is 7.75. The van der Waals surface area contributed by atoms with E-state index in [0.717, 1.165) is 13.0 Å². The van der Waals surface area contributed by atoms with Crippen LogP contribution >= 0.6 is 11.3 Å². The molecule has 3 heteroatoms. The first-order chi connectivity index (χ1) is 9.47. The van der Waals surface area contributed by atoms with E-state index in [1.807, 2.05) is 11.3 Å². The van der Waals surface area contributed by atoms with E-state index in [2.05, 4.69) is 45.3 Å². The highest BCUT2D eigenvalue weighted by Crippen LogP contribution is 2.24. The zero-order chi connectivity index (χ0) is 15.0. The van der Waals surface area contributed by atoms with Gasteiger partial charge in [-0.2, -0.15) is 0 Å². The number of nitrogens with one attached hydrogen (secondary N) is 1. The molecule has 1 aromatic rings. The van der Waals surface area contributed by atoms with Crippen LogP contribution < -0.4 is 5.32 Å². The number of thiazole rings is 1. The average Bonchev–Trinajstić information content (AvgIpc) is 2.83. The summed E-state index contributed by atoms with van der Waals surface area (Å²) >= 11 is 1.82. The van der Waals surface area contributed by atoms with Crippen molar-refractivity contribution in [2.75, 3.05) is 6.54 Å². The van der Waals surface area contributed by atoms with Crippen LogP contribution in [0.5, 0.6) is 0 Å². The minimum Gasteiger partial charge on any atom is -0.314 e. The minimum absolute atomic E-state index is 0.170. The molecule has 1 unspecified atom stereocenters. The highest BCUT2D eigenvalue weighted by molar-refractivity contribution is 7.09. The van der Waals surface area contributed by atoms with E-state index < -0.39 is 0 Å². The van der Waals surface area contributed by atoms with Crippen LogP contribution in [-0.2, 0) is 11.8 Å². The molecule has 1 N–H and O–H groups in total. The van der Waals surface area contributed by atoms with E-state index in [0.29, 0.717) is 6.04 Å². The molecule has 0 spiro atoms. The van der Waals surface area contributed by atoms with Crippen molar-refractivity contribution < 1.29 is 0 Å². The predicted octanol–water partition coefficient (Wildman–Crippen LogP) is 4.93. The van der Waals surface area contributed by atoms with Gasteiger partial charge in [-0.05, 0) is 13.0 Å². The summed E-state index contributed by atoms with van der Waals surface area (Å²) in [5, 5.41) is 7.14. The lowest BCUT2D eigenvalue weighted by atomic mass is 9.93. The van der Waals surface area contributed by atoms with Gasteiger partial charge in [0.05, 0.1) is 10.7 Å². The zero-order valence-corrected chi connectivity index (χ0v) is 14.8. The smallest absolute Gasteiger partial charge is 0.0944 e. The normalized spacial score (nSPS) is 13.7. The van der Waals surface area contributed by atoms with Gasteiger partial charge in [-0.15, -0.1) is 11.3 Å². The first-order valence-corrected chi connectivity index (χ1v) is 9.03. The molecule has 0 aliphatic rings. The topological polar surface area (TPSA) is 24.9 Å². The Morgan fingerprint density at radius 3 is 2.50 bits per heavy atom. The lowest BCUT2D eigenvalue weighted by Gasteiger charge is -2.17. The summed E-state index contributed by atoms with van der Waals surface area (Å²) in [7, 11) is 0. The number of likely N-dealkylation sites (N-methyl/N-ethyl adjacent to an activating group) is 1. The van der Waals surface area contributed by atoms with Crippen LogP contribution in [0.2, 0.25) is 0 Å². The molecule has 0 amide bonds. The van der Waals surface area contributed by atoms with E-state index in [-0.39, 0.29) is 5.41 Å². The van der Waals surface area contributed by atoms with Crippen LogP contribution in [0.25, 0.3) is 0 Å². The van der Waals surface area contributed by atoms with Gasteiger partial charge in [-0.1, -0.05) is 60.3 Å². The Labute approximate surface area is 129 Å². The Bertz CT molecular complexity index is 365. The fourth-order valence-electron chi connectivity index (χ4n) is 2.34. The van der Waals surface area contributed by atoms with Gasteiger partial charge in [-0.3, -0.25) is 0 Å². The maximum absolute atomic E-state index is 4.83. The number of hydrogen-bond acceptors (Lipinski definition) is 3. The monoisotopic (exact) mass is 296 g/mol. The van der Waals surface area contributed by atoms with Gasteiger partial charge in [0.1, 0.15) is 0 Å². The van der Waals surface area contributed by atoms with Gasteiger partial charge in [0, 0.05) is 23.3 Å². The second kappa shape index (κ2) is 8.78. The van der Waals surface area contributed by atoms with Crippen LogP contribution in [0.1, 0.15) is 77.4 Å². The van der Waals surface area contributed by atoms with Crippen molar-refractivity contribution in [2.24, 2.45) is 0 Å². The van der Waals surface area contributed by atoms with Crippen LogP contribution in [0, 0.1) is 0 Å². The lowest BCUT2D eigenvalue weighted by Crippen LogP contribution is -2.31. The van der Waals surface area contributed by atoms with Gasteiger partial charge in [-0.25, -0.2) is 4.98 Å². The van der Waals surface area contributed by atoms with Crippen LogP contribution in [0.3, 0.4) is 0 Å². The predicted molar refractivity (Wildman–Crippen MR) is 90.7 cm³/mol. The molecule has 0 fully saturated rings. The lowest BCUT2D eigenvalue weighted by molar-refractivity contribution is 0.461. The zero-order valence-electron chi connectivity index (χ0n) is 14.0. The highest BCUT2D eigenvalue weighted by Gasteiger charge is 2.18. The summed E-state index contributed by atoms with van der Waals surface area (Å²) in [6.45, 7) is 12.2. The number of aromatic nitrogens is 1. The molecule has 116 valence electrons. The molecule has 0 saturated carbocycles. The number of hydrogen-bond donors (Lipinski definition) is 1.